The topological polar surface area (TPSA) is 38.0 Å². The van der Waals surface area contributed by atoms with Crippen molar-refractivity contribution in [1.29, 1.82) is 0 Å². The second kappa shape index (κ2) is 5.69. The molecule has 0 aromatic heterocycles. The Morgan fingerprint density at radius 2 is 1.72 bits per heavy atom. The zero-order valence-electron chi connectivity index (χ0n) is 11.0. The van der Waals surface area contributed by atoms with Crippen molar-refractivity contribution in [3.05, 3.63) is 59.7 Å². The Morgan fingerprint density at radius 1 is 1.00 bits per heavy atom. The van der Waals surface area contributed by atoms with Gasteiger partial charge in [-0.15, -0.1) is 0 Å². The highest BCUT2D eigenvalue weighted by Crippen LogP contribution is 2.21. The molecular formula is C16H20N2. The number of nitrogens with one attached hydrogen (secondary N) is 1. The van der Waals surface area contributed by atoms with Gasteiger partial charge in [-0.05, 0) is 41.3 Å². The minimum absolute atomic E-state index is 0.569. The first-order valence-corrected chi connectivity index (χ1v) is 6.35. The minimum Gasteiger partial charge on any atom is -0.356 e. The predicted octanol–water partition coefficient (Wildman–Crippen LogP) is 4.01. The molecule has 2 nitrogen and oxygen atoms in total. The fourth-order valence-electron chi connectivity index (χ4n) is 1.89. The first kappa shape index (κ1) is 12.7. The largest absolute Gasteiger partial charge is 0.356 e. The van der Waals surface area contributed by atoms with Crippen molar-refractivity contribution in [3.63, 3.8) is 0 Å². The van der Waals surface area contributed by atoms with Gasteiger partial charge in [0.15, 0.2) is 0 Å². The molecule has 0 amide bonds. The molecule has 94 valence electrons. The Morgan fingerprint density at radius 3 is 2.33 bits per heavy atom. The van der Waals surface area contributed by atoms with E-state index < -0.39 is 0 Å². The molecule has 0 unspecified atom stereocenters. The monoisotopic (exact) mass is 240 g/mol. The molecule has 0 saturated heterocycles. The van der Waals surface area contributed by atoms with Crippen LogP contribution >= 0.6 is 0 Å². The van der Waals surface area contributed by atoms with E-state index in [1.54, 1.807) is 0 Å². The number of benzene rings is 2. The van der Waals surface area contributed by atoms with Crippen molar-refractivity contribution >= 4 is 11.4 Å². The highest BCUT2D eigenvalue weighted by molar-refractivity contribution is 5.60. The van der Waals surface area contributed by atoms with Crippen LogP contribution in [0.15, 0.2) is 48.5 Å². The SMILES string of the molecule is CC(C)c1ccc(Nc2cccc(CN)c2)cc1. The van der Waals surface area contributed by atoms with Crippen molar-refractivity contribution in [3.8, 4) is 0 Å². The lowest BCUT2D eigenvalue weighted by Gasteiger charge is -2.10. The molecular weight excluding hydrogens is 220 g/mol. The molecule has 0 radical (unpaired) electrons. The molecule has 18 heavy (non-hydrogen) atoms. The standard InChI is InChI=1S/C16H20N2/c1-12(2)14-6-8-15(9-7-14)18-16-5-3-4-13(10-16)11-17/h3-10,12,18H,11,17H2,1-2H3. The van der Waals surface area contributed by atoms with Crippen LogP contribution in [0.25, 0.3) is 0 Å². The lowest BCUT2D eigenvalue weighted by atomic mass is 10.0. The van der Waals surface area contributed by atoms with Crippen LogP contribution in [0.2, 0.25) is 0 Å². The van der Waals surface area contributed by atoms with Gasteiger partial charge in [0.05, 0.1) is 0 Å². The molecule has 0 aliphatic heterocycles. The van der Waals surface area contributed by atoms with E-state index in [-0.39, 0.29) is 0 Å². The molecule has 2 rings (SSSR count). The number of anilines is 2. The average molecular weight is 240 g/mol. The van der Waals surface area contributed by atoms with Gasteiger partial charge in [-0.2, -0.15) is 0 Å². The van der Waals surface area contributed by atoms with Gasteiger partial charge in [0.25, 0.3) is 0 Å². The predicted molar refractivity (Wildman–Crippen MR) is 78.1 cm³/mol. The third kappa shape index (κ3) is 3.11. The summed E-state index contributed by atoms with van der Waals surface area (Å²) in [4.78, 5) is 0. The van der Waals surface area contributed by atoms with E-state index in [9.17, 15) is 0 Å². The van der Waals surface area contributed by atoms with Crippen LogP contribution in [0, 0.1) is 0 Å². The van der Waals surface area contributed by atoms with Gasteiger partial charge in [-0.3, -0.25) is 0 Å². The second-order valence-electron chi connectivity index (χ2n) is 4.81. The zero-order valence-corrected chi connectivity index (χ0v) is 11.0. The van der Waals surface area contributed by atoms with Crippen molar-refractivity contribution < 1.29 is 0 Å². The van der Waals surface area contributed by atoms with E-state index in [2.05, 4.69) is 55.6 Å². The zero-order chi connectivity index (χ0) is 13.0. The van der Waals surface area contributed by atoms with Crippen LogP contribution in [0.4, 0.5) is 11.4 Å². The van der Waals surface area contributed by atoms with E-state index in [0.29, 0.717) is 12.5 Å². The summed E-state index contributed by atoms with van der Waals surface area (Å²) in [6.45, 7) is 4.97. The van der Waals surface area contributed by atoms with Crippen LogP contribution in [0.1, 0.15) is 30.9 Å². The van der Waals surface area contributed by atoms with Crippen LogP contribution in [-0.2, 0) is 6.54 Å². The lowest BCUT2D eigenvalue weighted by molar-refractivity contribution is 0.867. The van der Waals surface area contributed by atoms with Crippen LogP contribution in [0.5, 0.6) is 0 Å². The van der Waals surface area contributed by atoms with Gasteiger partial charge in [-0.25, -0.2) is 0 Å². The summed E-state index contributed by atoms with van der Waals surface area (Å²) in [6, 6.07) is 16.8. The van der Waals surface area contributed by atoms with Crippen molar-refractivity contribution in [2.45, 2.75) is 26.3 Å². The summed E-state index contributed by atoms with van der Waals surface area (Å²) < 4.78 is 0. The summed E-state index contributed by atoms with van der Waals surface area (Å²) in [5.41, 5.74) is 10.3. The maximum Gasteiger partial charge on any atom is 0.0387 e. The Kier molecular flexibility index (Phi) is 4.00. The van der Waals surface area contributed by atoms with E-state index in [1.807, 2.05) is 12.1 Å². The smallest absolute Gasteiger partial charge is 0.0387 e. The Balaban J connectivity index is 2.13. The maximum atomic E-state index is 5.64. The summed E-state index contributed by atoms with van der Waals surface area (Å²) in [7, 11) is 0. The number of nitrogens with two attached hydrogens (primary N) is 1. The first-order chi connectivity index (χ1) is 8.69. The quantitative estimate of drug-likeness (QED) is 0.847. The Hall–Kier alpha value is -1.80. The molecule has 0 atom stereocenters. The molecule has 0 heterocycles. The summed E-state index contributed by atoms with van der Waals surface area (Å²) >= 11 is 0. The normalized spacial score (nSPS) is 10.7. The van der Waals surface area contributed by atoms with Crippen LogP contribution in [0.3, 0.4) is 0 Å². The molecule has 0 bridgehead atoms. The van der Waals surface area contributed by atoms with Gasteiger partial charge >= 0.3 is 0 Å². The number of hydrogen-bond acceptors (Lipinski definition) is 2. The molecule has 0 aliphatic rings. The van der Waals surface area contributed by atoms with Crippen molar-refractivity contribution in [2.24, 2.45) is 5.73 Å². The molecule has 0 saturated carbocycles. The first-order valence-electron chi connectivity index (χ1n) is 6.35. The summed E-state index contributed by atoms with van der Waals surface area (Å²) in [5.74, 6) is 0.569. The third-order valence-electron chi connectivity index (χ3n) is 3.03. The lowest BCUT2D eigenvalue weighted by Crippen LogP contribution is -1.97. The molecule has 2 aromatic rings. The fraction of sp³-hybridized carbons (Fsp3) is 0.250. The van der Waals surface area contributed by atoms with Gasteiger partial charge < -0.3 is 11.1 Å². The van der Waals surface area contributed by atoms with Crippen LogP contribution in [-0.4, -0.2) is 0 Å². The molecule has 0 aliphatic carbocycles. The van der Waals surface area contributed by atoms with E-state index in [4.69, 9.17) is 5.73 Å². The van der Waals surface area contributed by atoms with E-state index >= 15 is 0 Å². The van der Waals surface area contributed by atoms with Gasteiger partial charge in [0.1, 0.15) is 0 Å². The second-order valence-corrected chi connectivity index (χ2v) is 4.81. The number of rotatable bonds is 4. The molecule has 2 aromatic carbocycles. The average Bonchev–Trinajstić information content (AvgIpc) is 2.39. The van der Waals surface area contributed by atoms with Gasteiger partial charge in [-0.1, -0.05) is 38.1 Å². The van der Waals surface area contributed by atoms with E-state index in [0.717, 1.165) is 16.9 Å². The van der Waals surface area contributed by atoms with Gasteiger partial charge in [0, 0.05) is 17.9 Å². The Bertz CT molecular complexity index is 501. The van der Waals surface area contributed by atoms with Gasteiger partial charge in [0.2, 0.25) is 0 Å². The summed E-state index contributed by atoms with van der Waals surface area (Å²) in [6.07, 6.45) is 0. The van der Waals surface area contributed by atoms with E-state index in [1.165, 1.54) is 5.56 Å². The Labute approximate surface area is 109 Å². The molecule has 0 fully saturated rings. The highest BCUT2D eigenvalue weighted by Gasteiger charge is 1.99. The number of hydrogen-bond donors (Lipinski definition) is 2. The third-order valence-corrected chi connectivity index (χ3v) is 3.03. The van der Waals surface area contributed by atoms with Crippen molar-refractivity contribution in [2.75, 3.05) is 5.32 Å². The minimum atomic E-state index is 0.569. The molecule has 3 N–H and O–H groups in total. The maximum absolute atomic E-state index is 5.64. The molecule has 2 heteroatoms. The van der Waals surface area contributed by atoms with Crippen molar-refractivity contribution in [1.82, 2.24) is 0 Å². The van der Waals surface area contributed by atoms with Crippen LogP contribution < -0.4 is 11.1 Å². The fourth-order valence-corrected chi connectivity index (χ4v) is 1.89. The summed E-state index contributed by atoms with van der Waals surface area (Å²) in [5, 5.41) is 3.39. The highest BCUT2D eigenvalue weighted by atomic mass is 14.9. The molecule has 0 spiro atoms.